The van der Waals surface area contributed by atoms with Crippen LogP contribution in [0.2, 0.25) is 0 Å². The number of carbonyl (C=O) groups is 2. The van der Waals surface area contributed by atoms with Gasteiger partial charge in [-0.2, -0.15) is 0 Å². The Morgan fingerprint density at radius 1 is 0.409 bits per heavy atom. The van der Waals surface area contributed by atoms with Crippen molar-refractivity contribution in [2.45, 2.75) is 334 Å². The van der Waals surface area contributed by atoms with Crippen molar-refractivity contribution in [3.63, 3.8) is 0 Å². The quantitative estimate of drug-likeness (QED) is 0.0321. The molecule has 1 amide bonds. The zero-order valence-electron chi connectivity index (χ0n) is 44.4. The van der Waals surface area contributed by atoms with Gasteiger partial charge in [-0.05, 0) is 77.0 Å². The number of rotatable bonds is 55. The van der Waals surface area contributed by atoms with E-state index in [9.17, 15) is 19.8 Å². The van der Waals surface area contributed by atoms with Crippen molar-refractivity contribution < 1.29 is 24.5 Å². The molecular weight excluding hydrogens is 815 g/mol. The van der Waals surface area contributed by atoms with Crippen LogP contribution in [-0.4, -0.2) is 47.4 Å². The minimum Gasteiger partial charge on any atom is -0.466 e. The number of hydrogen-bond donors (Lipinski definition) is 3. The van der Waals surface area contributed by atoms with Crippen molar-refractivity contribution in [3.8, 4) is 0 Å². The number of hydrogen-bond acceptors (Lipinski definition) is 5. The van der Waals surface area contributed by atoms with Crippen LogP contribution in [0.15, 0.2) is 24.3 Å². The average molecular weight is 931 g/mol. The maximum atomic E-state index is 12.4. The van der Waals surface area contributed by atoms with Gasteiger partial charge in [-0.1, -0.05) is 256 Å². The van der Waals surface area contributed by atoms with Crippen molar-refractivity contribution in [2.75, 3.05) is 13.2 Å². The number of unbranched alkanes of at least 4 members (excludes halogenated alkanes) is 40. The molecule has 0 aliphatic heterocycles. The second kappa shape index (κ2) is 55.9. The van der Waals surface area contributed by atoms with Gasteiger partial charge in [-0.3, -0.25) is 9.59 Å². The van der Waals surface area contributed by atoms with Crippen molar-refractivity contribution in [1.29, 1.82) is 0 Å². The largest absolute Gasteiger partial charge is 0.466 e. The van der Waals surface area contributed by atoms with E-state index in [1.54, 1.807) is 0 Å². The van der Waals surface area contributed by atoms with Crippen LogP contribution in [0.25, 0.3) is 0 Å². The molecule has 0 aromatic rings. The Bertz CT molecular complexity index is 1030. The molecule has 2 atom stereocenters. The van der Waals surface area contributed by atoms with E-state index < -0.39 is 12.1 Å². The second-order valence-electron chi connectivity index (χ2n) is 20.3. The Labute approximate surface area is 411 Å². The molecule has 0 rings (SSSR count). The van der Waals surface area contributed by atoms with E-state index in [4.69, 9.17) is 4.74 Å². The predicted molar refractivity (Wildman–Crippen MR) is 287 cm³/mol. The lowest BCUT2D eigenvalue weighted by molar-refractivity contribution is -0.143. The van der Waals surface area contributed by atoms with E-state index in [0.717, 1.165) is 44.9 Å². The van der Waals surface area contributed by atoms with E-state index in [1.807, 2.05) is 0 Å². The number of amides is 1. The molecule has 2 unspecified atom stereocenters. The van der Waals surface area contributed by atoms with Crippen LogP contribution in [0.1, 0.15) is 322 Å². The minimum atomic E-state index is -0.663. The third kappa shape index (κ3) is 51.7. The maximum Gasteiger partial charge on any atom is 0.305 e. The van der Waals surface area contributed by atoms with Gasteiger partial charge in [-0.25, -0.2) is 0 Å². The van der Waals surface area contributed by atoms with Gasteiger partial charge in [0.1, 0.15) is 0 Å². The van der Waals surface area contributed by atoms with Crippen LogP contribution in [0, 0.1) is 0 Å². The van der Waals surface area contributed by atoms with Gasteiger partial charge in [0.15, 0.2) is 0 Å². The minimum absolute atomic E-state index is 0.00551. The van der Waals surface area contributed by atoms with Crippen LogP contribution < -0.4 is 5.32 Å². The molecule has 66 heavy (non-hydrogen) atoms. The monoisotopic (exact) mass is 930 g/mol. The summed E-state index contributed by atoms with van der Waals surface area (Å²) in [6.45, 7) is 4.93. The average Bonchev–Trinajstić information content (AvgIpc) is 3.32. The highest BCUT2D eigenvalue weighted by molar-refractivity contribution is 5.76. The summed E-state index contributed by atoms with van der Waals surface area (Å²) in [5, 5.41) is 23.1. The summed E-state index contributed by atoms with van der Waals surface area (Å²) in [6, 6.07) is -0.541. The number of aliphatic hydroxyl groups is 2. The van der Waals surface area contributed by atoms with Crippen molar-refractivity contribution in [1.82, 2.24) is 5.32 Å². The highest BCUT2D eigenvalue weighted by atomic mass is 16.5. The standard InChI is InChI=1S/C60H115NO5/c1-3-5-7-9-11-13-14-15-27-31-34-38-42-46-50-54-60(65)66-55-51-47-43-39-35-32-29-26-24-22-20-18-16-17-19-21-23-25-28-30-33-37-41-45-49-53-59(64)61-57(56-62)58(63)52-48-44-40-36-12-10-8-6-4-2/h15,17,19,27,57-58,62-63H,3-14,16,18,20-26,28-56H2,1-2H3,(H,61,64)/b19-17-,27-15-. The highest BCUT2D eigenvalue weighted by Gasteiger charge is 2.20. The molecule has 3 N–H and O–H groups in total. The van der Waals surface area contributed by atoms with Gasteiger partial charge >= 0.3 is 5.97 Å². The number of carbonyl (C=O) groups excluding carboxylic acids is 2. The number of esters is 1. The Balaban J connectivity index is 3.36. The number of aliphatic hydroxyl groups excluding tert-OH is 2. The normalized spacial score (nSPS) is 12.7. The van der Waals surface area contributed by atoms with Crippen molar-refractivity contribution >= 4 is 11.9 Å². The maximum absolute atomic E-state index is 12.4. The predicted octanol–water partition coefficient (Wildman–Crippen LogP) is 18.2. The highest BCUT2D eigenvalue weighted by Crippen LogP contribution is 2.17. The molecule has 390 valence electrons. The Hall–Kier alpha value is -1.66. The lowest BCUT2D eigenvalue weighted by Crippen LogP contribution is -2.45. The van der Waals surface area contributed by atoms with Gasteiger partial charge in [-0.15, -0.1) is 0 Å². The summed E-state index contributed by atoms with van der Waals surface area (Å²) in [6.07, 6.45) is 67.6. The molecular formula is C60H115NO5. The molecule has 0 radical (unpaired) electrons. The zero-order valence-corrected chi connectivity index (χ0v) is 44.4. The summed E-state index contributed by atoms with van der Waals surface area (Å²) in [5.74, 6) is -0.0345. The van der Waals surface area contributed by atoms with E-state index >= 15 is 0 Å². The first-order chi connectivity index (χ1) is 32.5. The third-order valence-corrected chi connectivity index (χ3v) is 13.7. The SMILES string of the molecule is CCCCCCCC/C=C\CCCCCCCC(=O)OCCCCCCCCCCCCCC/C=C\CCCCCCCCCCCC(=O)NC(CO)C(O)CCCCCCCCCCC. The number of allylic oxidation sites excluding steroid dienone is 4. The van der Waals surface area contributed by atoms with E-state index in [2.05, 4.69) is 43.5 Å². The third-order valence-electron chi connectivity index (χ3n) is 13.7. The fraction of sp³-hybridized carbons (Fsp3) is 0.900. The van der Waals surface area contributed by atoms with Gasteiger partial charge in [0.2, 0.25) is 5.91 Å². The fourth-order valence-corrected chi connectivity index (χ4v) is 9.16. The van der Waals surface area contributed by atoms with Gasteiger partial charge in [0, 0.05) is 12.8 Å². The molecule has 6 heteroatoms. The van der Waals surface area contributed by atoms with E-state index in [0.29, 0.717) is 25.9 Å². The van der Waals surface area contributed by atoms with Crippen molar-refractivity contribution in [2.24, 2.45) is 0 Å². The first kappa shape index (κ1) is 64.3. The molecule has 0 aliphatic rings. The number of ether oxygens (including phenoxy) is 1. The molecule has 0 aromatic carbocycles. The van der Waals surface area contributed by atoms with Crippen LogP contribution >= 0.6 is 0 Å². The Morgan fingerprint density at radius 2 is 0.712 bits per heavy atom. The molecule has 0 saturated heterocycles. The first-order valence-corrected chi connectivity index (χ1v) is 29.6. The summed E-state index contributed by atoms with van der Waals surface area (Å²) < 4.78 is 5.48. The molecule has 0 saturated carbocycles. The van der Waals surface area contributed by atoms with Crippen LogP contribution in [0.5, 0.6) is 0 Å². The smallest absolute Gasteiger partial charge is 0.305 e. The lowest BCUT2D eigenvalue weighted by atomic mass is 10.0. The summed E-state index contributed by atoms with van der Waals surface area (Å²) in [4.78, 5) is 24.4. The van der Waals surface area contributed by atoms with Gasteiger partial charge in [0.25, 0.3) is 0 Å². The van der Waals surface area contributed by atoms with Gasteiger partial charge < -0.3 is 20.3 Å². The second-order valence-corrected chi connectivity index (χ2v) is 20.3. The molecule has 0 bridgehead atoms. The zero-order chi connectivity index (χ0) is 47.9. The topological polar surface area (TPSA) is 95.9 Å². The molecule has 6 nitrogen and oxygen atoms in total. The number of nitrogens with one attached hydrogen (secondary N) is 1. The summed E-state index contributed by atoms with van der Waals surface area (Å²) in [5.41, 5.74) is 0. The van der Waals surface area contributed by atoms with E-state index in [1.165, 1.54) is 244 Å². The first-order valence-electron chi connectivity index (χ1n) is 29.6. The molecule has 0 heterocycles. The molecule has 0 spiro atoms. The molecule has 0 aromatic heterocycles. The van der Waals surface area contributed by atoms with Crippen LogP contribution in [0.4, 0.5) is 0 Å². The Kier molecular flexibility index (Phi) is 54.5. The summed E-state index contributed by atoms with van der Waals surface area (Å²) in [7, 11) is 0. The van der Waals surface area contributed by atoms with Gasteiger partial charge in [0.05, 0.1) is 25.4 Å². The van der Waals surface area contributed by atoms with Crippen LogP contribution in [-0.2, 0) is 14.3 Å². The van der Waals surface area contributed by atoms with E-state index in [-0.39, 0.29) is 18.5 Å². The van der Waals surface area contributed by atoms with Crippen LogP contribution in [0.3, 0.4) is 0 Å². The fourth-order valence-electron chi connectivity index (χ4n) is 9.16. The van der Waals surface area contributed by atoms with Crippen molar-refractivity contribution in [3.05, 3.63) is 24.3 Å². The molecule has 0 fully saturated rings. The molecule has 0 aliphatic carbocycles. The summed E-state index contributed by atoms with van der Waals surface area (Å²) >= 11 is 0. The lowest BCUT2D eigenvalue weighted by Gasteiger charge is -2.22. The Morgan fingerprint density at radius 3 is 1.08 bits per heavy atom.